The minimum absolute atomic E-state index is 0.281. The Bertz CT molecular complexity index is 198. The first-order valence-electron chi connectivity index (χ1n) is 6.10. The van der Waals surface area contributed by atoms with E-state index in [1.807, 2.05) is 11.9 Å². The molecule has 0 bridgehead atoms. The summed E-state index contributed by atoms with van der Waals surface area (Å²) in [6.07, 6.45) is 5.48. The molecule has 1 rings (SSSR count). The van der Waals surface area contributed by atoms with Gasteiger partial charge in [0.25, 0.3) is 0 Å². The zero-order valence-corrected chi connectivity index (χ0v) is 10.0. The van der Waals surface area contributed by atoms with E-state index in [2.05, 4.69) is 6.92 Å². The molecule has 3 nitrogen and oxygen atoms in total. The summed E-state index contributed by atoms with van der Waals surface area (Å²) in [5.41, 5.74) is 5.44. The molecule has 0 aromatic rings. The van der Waals surface area contributed by atoms with Crippen molar-refractivity contribution in [2.24, 2.45) is 17.6 Å². The van der Waals surface area contributed by atoms with Crippen molar-refractivity contribution in [1.29, 1.82) is 0 Å². The molecule has 0 atom stereocenters. The fourth-order valence-electron chi connectivity index (χ4n) is 2.26. The molecule has 0 aliphatic heterocycles. The number of hydrogen-bond donors (Lipinski definition) is 1. The van der Waals surface area contributed by atoms with Crippen molar-refractivity contribution in [3.8, 4) is 0 Å². The first-order chi connectivity index (χ1) is 7.15. The first-order valence-corrected chi connectivity index (χ1v) is 6.10. The topological polar surface area (TPSA) is 46.3 Å². The maximum absolute atomic E-state index is 12.0. The summed E-state index contributed by atoms with van der Waals surface area (Å²) >= 11 is 0. The number of hydrogen-bond acceptors (Lipinski definition) is 2. The average Bonchev–Trinajstić information content (AvgIpc) is 2.26. The third kappa shape index (κ3) is 3.82. The predicted octanol–water partition coefficient (Wildman–Crippen LogP) is 1.62. The molecule has 1 aliphatic rings. The van der Waals surface area contributed by atoms with Crippen molar-refractivity contribution in [2.45, 2.75) is 39.0 Å². The second-order valence-corrected chi connectivity index (χ2v) is 4.86. The van der Waals surface area contributed by atoms with Gasteiger partial charge in [-0.15, -0.1) is 0 Å². The highest BCUT2D eigenvalue weighted by atomic mass is 16.2. The Morgan fingerprint density at radius 1 is 1.33 bits per heavy atom. The third-order valence-corrected chi connectivity index (χ3v) is 3.44. The van der Waals surface area contributed by atoms with Crippen LogP contribution in [-0.2, 0) is 4.79 Å². The van der Waals surface area contributed by atoms with Crippen LogP contribution in [0.4, 0.5) is 0 Å². The molecule has 0 heterocycles. The van der Waals surface area contributed by atoms with Crippen LogP contribution in [0, 0.1) is 11.8 Å². The van der Waals surface area contributed by atoms with Gasteiger partial charge in [0, 0.05) is 19.5 Å². The molecular weight excluding hydrogens is 188 g/mol. The monoisotopic (exact) mass is 212 g/mol. The van der Waals surface area contributed by atoms with Crippen LogP contribution in [0.3, 0.4) is 0 Å². The Balaban J connectivity index is 2.32. The lowest BCUT2D eigenvalue weighted by Crippen LogP contribution is -2.36. The highest BCUT2D eigenvalue weighted by Crippen LogP contribution is 2.29. The number of carbonyl (C=O) groups is 1. The van der Waals surface area contributed by atoms with Gasteiger partial charge in [0.15, 0.2) is 0 Å². The van der Waals surface area contributed by atoms with E-state index < -0.39 is 0 Å². The van der Waals surface area contributed by atoms with E-state index in [1.54, 1.807) is 0 Å². The lowest BCUT2D eigenvalue weighted by atomic mass is 9.82. The zero-order chi connectivity index (χ0) is 11.3. The molecule has 3 heteroatoms. The average molecular weight is 212 g/mol. The highest BCUT2D eigenvalue weighted by molar-refractivity contribution is 5.78. The standard InChI is InChI=1S/C12H24N2O/c1-10-4-6-11(7-5-10)12(15)14(2)9-3-8-13/h10-11H,3-9,13H2,1-2H3. The van der Waals surface area contributed by atoms with E-state index in [1.165, 1.54) is 12.8 Å². The molecule has 1 fully saturated rings. The maximum atomic E-state index is 12.0. The Morgan fingerprint density at radius 3 is 2.47 bits per heavy atom. The smallest absolute Gasteiger partial charge is 0.225 e. The molecule has 0 aromatic heterocycles. The summed E-state index contributed by atoms with van der Waals surface area (Å²) in [5, 5.41) is 0. The van der Waals surface area contributed by atoms with E-state index >= 15 is 0 Å². The van der Waals surface area contributed by atoms with Crippen molar-refractivity contribution in [3.63, 3.8) is 0 Å². The van der Waals surface area contributed by atoms with Gasteiger partial charge in [0.2, 0.25) is 5.91 Å². The molecule has 0 saturated heterocycles. The van der Waals surface area contributed by atoms with Crippen molar-refractivity contribution >= 4 is 5.91 Å². The van der Waals surface area contributed by atoms with Crippen molar-refractivity contribution < 1.29 is 4.79 Å². The van der Waals surface area contributed by atoms with Gasteiger partial charge >= 0.3 is 0 Å². The summed E-state index contributed by atoms with van der Waals surface area (Å²) < 4.78 is 0. The van der Waals surface area contributed by atoms with Gasteiger partial charge < -0.3 is 10.6 Å². The van der Waals surface area contributed by atoms with Crippen molar-refractivity contribution in [1.82, 2.24) is 4.90 Å². The van der Waals surface area contributed by atoms with Gasteiger partial charge in [-0.25, -0.2) is 0 Å². The van der Waals surface area contributed by atoms with E-state index in [4.69, 9.17) is 5.73 Å². The lowest BCUT2D eigenvalue weighted by Gasteiger charge is -2.29. The van der Waals surface area contributed by atoms with Crippen LogP contribution in [0.15, 0.2) is 0 Å². The number of nitrogens with two attached hydrogens (primary N) is 1. The van der Waals surface area contributed by atoms with E-state index in [0.29, 0.717) is 12.5 Å². The van der Waals surface area contributed by atoms with Crippen LogP contribution in [0.2, 0.25) is 0 Å². The van der Waals surface area contributed by atoms with Crippen molar-refractivity contribution in [2.75, 3.05) is 20.1 Å². The van der Waals surface area contributed by atoms with Crippen LogP contribution in [0.1, 0.15) is 39.0 Å². The molecule has 1 saturated carbocycles. The Kier molecular flexibility index (Phi) is 5.09. The SMILES string of the molecule is CC1CCC(C(=O)N(C)CCCN)CC1. The summed E-state index contributed by atoms with van der Waals surface area (Å²) in [5.74, 6) is 1.42. The van der Waals surface area contributed by atoms with Gasteiger partial charge in [-0.05, 0) is 44.6 Å². The summed E-state index contributed by atoms with van der Waals surface area (Å²) in [6.45, 7) is 3.75. The number of amides is 1. The van der Waals surface area contributed by atoms with Crippen LogP contribution in [0.5, 0.6) is 0 Å². The minimum Gasteiger partial charge on any atom is -0.345 e. The van der Waals surface area contributed by atoms with Crippen LogP contribution in [0.25, 0.3) is 0 Å². The lowest BCUT2D eigenvalue weighted by molar-refractivity contribution is -0.135. The molecule has 15 heavy (non-hydrogen) atoms. The van der Waals surface area contributed by atoms with Crippen molar-refractivity contribution in [3.05, 3.63) is 0 Å². The first kappa shape index (κ1) is 12.5. The fourth-order valence-corrected chi connectivity index (χ4v) is 2.26. The second kappa shape index (κ2) is 6.11. The predicted molar refractivity (Wildman–Crippen MR) is 62.4 cm³/mol. The van der Waals surface area contributed by atoms with E-state index in [-0.39, 0.29) is 5.92 Å². The molecule has 1 amide bonds. The number of carbonyl (C=O) groups excluding carboxylic acids is 1. The van der Waals surface area contributed by atoms with Crippen LogP contribution in [-0.4, -0.2) is 30.9 Å². The van der Waals surface area contributed by atoms with Gasteiger partial charge in [-0.2, -0.15) is 0 Å². The summed E-state index contributed by atoms with van der Waals surface area (Å²) in [6, 6.07) is 0. The largest absolute Gasteiger partial charge is 0.345 e. The molecule has 0 spiro atoms. The Hall–Kier alpha value is -0.570. The van der Waals surface area contributed by atoms with Gasteiger partial charge in [0.1, 0.15) is 0 Å². The number of nitrogens with zero attached hydrogens (tertiary/aromatic N) is 1. The summed E-state index contributed by atoms with van der Waals surface area (Å²) in [4.78, 5) is 13.9. The Morgan fingerprint density at radius 2 is 1.93 bits per heavy atom. The highest BCUT2D eigenvalue weighted by Gasteiger charge is 2.26. The van der Waals surface area contributed by atoms with E-state index in [0.717, 1.165) is 31.7 Å². The molecule has 0 aromatic carbocycles. The molecular formula is C12H24N2O. The molecule has 88 valence electrons. The summed E-state index contributed by atoms with van der Waals surface area (Å²) in [7, 11) is 1.90. The normalized spacial score (nSPS) is 26.3. The molecule has 2 N–H and O–H groups in total. The third-order valence-electron chi connectivity index (χ3n) is 3.44. The maximum Gasteiger partial charge on any atom is 0.225 e. The molecule has 0 unspecified atom stereocenters. The Labute approximate surface area is 93.0 Å². The van der Waals surface area contributed by atoms with Gasteiger partial charge in [0.05, 0.1) is 0 Å². The van der Waals surface area contributed by atoms with Crippen LogP contribution < -0.4 is 5.73 Å². The fraction of sp³-hybridized carbons (Fsp3) is 0.917. The quantitative estimate of drug-likeness (QED) is 0.769. The van der Waals surface area contributed by atoms with Gasteiger partial charge in [-0.3, -0.25) is 4.79 Å². The van der Waals surface area contributed by atoms with Gasteiger partial charge in [-0.1, -0.05) is 6.92 Å². The molecule has 1 aliphatic carbocycles. The zero-order valence-electron chi connectivity index (χ0n) is 10.0. The molecule has 0 radical (unpaired) electrons. The van der Waals surface area contributed by atoms with Crippen LogP contribution >= 0.6 is 0 Å². The minimum atomic E-state index is 0.281. The van der Waals surface area contributed by atoms with E-state index in [9.17, 15) is 4.79 Å². The number of rotatable bonds is 4. The second-order valence-electron chi connectivity index (χ2n) is 4.86.